The van der Waals surface area contributed by atoms with Gasteiger partial charge in [0.25, 0.3) is 5.91 Å². The van der Waals surface area contributed by atoms with Crippen LogP contribution in [0.2, 0.25) is 0 Å². The highest BCUT2D eigenvalue weighted by Gasteiger charge is 2.35. The number of carbonyl (C=O) groups excluding carboxylic acids is 2. The number of hydrogen-bond donors (Lipinski definition) is 0. The molecule has 0 aliphatic carbocycles. The topological polar surface area (TPSA) is 68.7 Å². The largest absolute Gasteiger partial charge is 0.482 e. The number of ether oxygens (including phenoxy) is 2. The van der Waals surface area contributed by atoms with E-state index in [-0.39, 0.29) is 12.5 Å². The van der Waals surface area contributed by atoms with Gasteiger partial charge in [-0.05, 0) is 30.2 Å². The van der Waals surface area contributed by atoms with Crippen LogP contribution in [0.1, 0.15) is 23.9 Å². The summed E-state index contributed by atoms with van der Waals surface area (Å²) in [6.45, 7) is 1.75. The third-order valence-corrected chi connectivity index (χ3v) is 5.90. The fourth-order valence-corrected chi connectivity index (χ4v) is 4.40. The summed E-state index contributed by atoms with van der Waals surface area (Å²) in [5, 5.41) is 3.02. The molecule has 0 radical (unpaired) electrons. The number of methoxy groups -OCH3 is 1. The fourth-order valence-electron chi connectivity index (χ4n) is 3.56. The standard InChI is InChI=1S/C23H22N2O4S/c1-3-18(23(27)28-2)25-19-12-16(9-10-20(19)29-13-22(25)26)17-14-30-21(24-17)11-15-7-5-4-6-8-15/h4-10,12,14,18H,3,11,13H2,1-2H3. The van der Waals surface area contributed by atoms with Gasteiger partial charge in [-0.2, -0.15) is 0 Å². The van der Waals surface area contributed by atoms with Crippen molar-refractivity contribution in [1.82, 2.24) is 4.98 Å². The first-order valence-corrected chi connectivity index (χ1v) is 10.6. The Morgan fingerprint density at radius 1 is 1.27 bits per heavy atom. The van der Waals surface area contributed by atoms with Gasteiger partial charge in [-0.25, -0.2) is 9.78 Å². The highest BCUT2D eigenvalue weighted by atomic mass is 32.1. The lowest BCUT2D eigenvalue weighted by Crippen LogP contribution is -2.49. The first-order valence-electron chi connectivity index (χ1n) is 9.76. The Bertz CT molecular complexity index is 1060. The van der Waals surface area contributed by atoms with Crippen LogP contribution in [0.4, 0.5) is 5.69 Å². The molecule has 1 aliphatic heterocycles. The van der Waals surface area contributed by atoms with E-state index in [2.05, 4.69) is 12.1 Å². The number of fused-ring (bicyclic) bond motifs is 1. The number of thiazole rings is 1. The van der Waals surface area contributed by atoms with Crippen LogP contribution >= 0.6 is 11.3 Å². The first kappa shape index (κ1) is 20.1. The number of hydrogen-bond acceptors (Lipinski definition) is 6. The Morgan fingerprint density at radius 3 is 2.80 bits per heavy atom. The van der Waals surface area contributed by atoms with Crippen LogP contribution in [-0.2, 0) is 20.7 Å². The normalized spacial score (nSPS) is 14.1. The lowest BCUT2D eigenvalue weighted by atomic mass is 10.1. The number of nitrogens with zero attached hydrogens (tertiary/aromatic N) is 2. The lowest BCUT2D eigenvalue weighted by Gasteiger charge is -2.34. The minimum atomic E-state index is -0.690. The molecule has 30 heavy (non-hydrogen) atoms. The minimum absolute atomic E-state index is 0.0994. The van der Waals surface area contributed by atoms with Gasteiger partial charge in [-0.15, -0.1) is 11.3 Å². The highest BCUT2D eigenvalue weighted by molar-refractivity contribution is 7.10. The van der Waals surface area contributed by atoms with Gasteiger partial charge in [0.2, 0.25) is 0 Å². The summed E-state index contributed by atoms with van der Waals surface area (Å²) in [5.41, 5.74) is 3.47. The van der Waals surface area contributed by atoms with Crippen LogP contribution in [0.5, 0.6) is 5.75 Å². The van der Waals surface area contributed by atoms with Crippen molar-refractivity contribution in [2.45, 2.75) is 25.8 Å². The van der Waals surface area contributed by atoms with Gasteiger partial charge in [-0.1, -0.05) is 37.3 Å². The Labute approximate surface area is 179 Å². The highest BCUT2D eigenvalue weighted by Crippen LogP contribution is 2.38. The third kappa shape index (κ3) is 3.93. The van der Waals surface area contributed by atoms with E-state index < -0.39 is 12.0 Å². The van der Waals surface area contributed by atoms with Gasteiger partial charge < -0.3 is 9.47 Å². The van der Waals surface area contributed by atoms with Gasteiger partial charge in [0.1, 0.15) is 11.8 Å². The molecule has 0 spiro atoms. The number of aromatic nitrogens is 1. The zero-order valence-electron chi connectivity index (χ0n) is 16.8. The van der Waals surface area contributed by atoms with E-state index in [9.17, 15) is 9.59 Å². The van der Waals surface area contributed by atoms with Crippen LogP contribution in [-0.4, -0.2) is 36.6 Å². The van der Waals surface area contributed by atoms with E-state index in [1.165, 1.54) is 17.6 Å². The Hall–Kier alpha value is -3.19. The van der Waals surface area contributed by atoms with E-state index in [1.54, 1.807) is 11.3 Å². The number of anilines is 1. The molecule has 4 rings (SSSR count). The van der Waals surface area contributed by atoms with Crippen LogP contribution in [0.25, 0.3) is 11.3 Å². The van der Waals surface area contributed by atoms with Crippen LogP contribution in [0.15, 0.2) is 53.9 Å². The molecule has 0 bridgehead atoms. The van der Waals surface area contributed by atoms with E-state index in [0.717, 1.165) is 22.7 Å². The number of rotatable bonds is 6. The molecule has 0 N–H and O–H groups in total. The molecule has 3 aromatic rings. The molecule has 0 saturated carbocycles. The van der Waals surface area contributed by atoms with Crippen LogP contribution in [0, 0.1) is 0 Å². The molecule has 0 saturated heterocycles. The summed E-state index contributed by atoms with van der Waals surface area (Å²) in [6, 6.07) is 15.1. The average Bonchev–Trinajstić information content (AvgIpc) is 3.24. The Morgan fingerprint density at radius 2 is 2.07 bits per heavy atom. The van der Waals surface area contributed by atoms with Gasteiger partial charge in [0.05, 0.1) is 23.5 Å². The van der Waals surface area contributed by atoms with Crippen molar-refractivity contribution in [1.29, 1.82) is 0 Å². The molecule has 154 valence electrons. The SMILES string of the molecule is CCC(C(=O)OC)N1C(=O)COc2ccc(-c3csc(Cc4ccccc4)n3)cc21. The molecular weight excluding hydrogens is 400 g/mol. The number of esters is 1. The second-order valence-electron chi connectivity index (χ2n) is 6.97. The zero-order valence-corrected chi connectivity index (χ0v) is 17.6. The molecule has 6 nitrogen and oxygen atoms in total. The van der Waals surface area contributed by atoms with Crippen molar-refractivity contribution in [3.8, 4) is 17.0 Å². The van der Waals surface area contributed by atoms with Gasteiger partial charge in [0, 0.05) is 17.4 Å². The monoisotopic (exact) mass is 422 g/mol. The summed E-state index contributed by atoms with van der Waals surface area (Å²) in [7, 11) is 1.33. The number of amides is 1. The first-order chi connectivity index (χ1) is 14.6. The van der Waals surface area contributed by atoms with Crippen LogP contribution in [0.3, 0.4) is 0 Å². The molecular formula is C23H22N2O4S. The molecule has 0 fully saturated rings. The quantitative estimate of drug-likeness (QED) is 0.560. The lowest BCUT2D eigenvalue weighted by molar-refractivity contribution is -0.144. The van der Waals surface area contributed by atoms with Crippen molar-refractivity contribution in [3.05, 3.63) is 64.5 Å². The summed E-state index contributed by atoms with van der Waals surface area (Å²) >= 11 is 1.60. The van der Waals surface area contributed by atoms with Gasteiger partial charge in [-0.3, -0.25) is 9.69 Å². The van der Waals surface area contributed by atoms with Crippen molar-refractivity contribution in [2.24, 2.45) is 0 Å². The summed E-state index contributed by atoms with van der Waals surface area (Å²) in [4.78, 5) is 31.1. The maximum Gasteiger partial charge on any atom is 0.328 e. The van der Waals surface area contributed by atoms with Crippen molar-refractivity contribution < 1.29 is 19.1 Å². The van der Waals surface area contributed by atoms with Gasteiger partial charge >= 0.3 is 5.97 Å². The van der Waals surface area contributed by atoms with Gasteiger partial charge in [0.15, 0.2) is 6.61 Å². The maximum atomic E-state index is 12.6. The molecule has 7 heteroatoms. The summed E-state index contributed by atoms with van der Waals surface area (Å²) < 4.78 is 10.5. The van der Waals surface area contributed by atoms with Crippen molar-refractivity contribution in [3.63, 3.8) is 0 Å². The summed E-state index contributed by atoms with van der Waals surface area (Å²) in [6.07, 6.45) is 1.21. The molecule has 1 aliphatic rings. The molecule has 2 heterocycles. The molecule has 1 aromatic heterocycles. The van der Waals surface area contributed by atoms with E-state index in [4.69, 9.17) is 14.5 Å². The molecule has 1 atom stereocenters. The summed E-state index contributed by atoms with van der Waals surface area (Å²) in [5.74, 6) is -0.136. The molecule has 2 aromatic carbocycles. The van der Waals surface area contributed by atoms with Crippen molar-refractivity contribution in [2.75, 3.05) is 18.6 Å². The Balaban J connectivity index is 1.66. The average molecular weight is 423 g/mol. The molecule has 1 unspecified atom stereocenters. The second kappa shape index (κ2) is 8.67. The minimum Gasteiger partial charge on any atom is -0.482 e. The zero-order chi connectivity index (χ0) is 21.1. The van der Waals surface area contributed by atoms with E-state index >= 15 is 0 Å². The van der Waals surface area contributed by atoms with E-state index in [0.29, 0.717) is 17.9 Å². The predicted molar refractivity (Wildman–Crippen MR) is 116 cm³/mol. The molecule has 1 amide bonds. The number of carbonyl (C=O) groups is 2. The maximum absolute atomic E-state index is 12.6. The second-order valence-corrected chi connectivity index (χ2v) is 7.91. The van der Waals surface area contributed by atoms with Crippen LogP contribution < -0.4 is 9.64 Å². The Kier molecular flexibility index (Phi) is 5.81. The number of benzene rings is 2. The fraction of sp³-hybridized carbons (Fsp3) is 0.261. The van der Waals surface area contributed by atoms with Crippen molar-refractivity contribution >= 4 is 28.9 Å². The predicted octanol–water partition coefficient (Wildman–Crippen LogP) is 4.08. The smallest absolute Gasteiger partial charge is 0.328 e. The van der Waals surface area contributed by atoms with E-state index in [1.807, 2.05) is 48.7 Å². The third-order valence-electron chi connectivity index (χ3n) is 5.06.